The van der Waals surface area contributed by atoms with Crippen LogP contribution in [0.25, 0.3) is 10.2 Å². The Kier molecular flexibility index (Phi) is 6.91. The highest BCUT2D eigenvalue weighted by Crippen LogP contribution is 2.34. The van der Waals surface area contributed by atoms with Crippen LogP contribution < -0.4 is 9.21 Å². The molecular formula is C30H31N3O4S2. The first-order valence-electron chi connectivity index (χ1n) is 13.3. The van der Waals surface area contributed by atoms with E-state index in [2.05, 4.69) is 13.0 Å². The molecule has 1 unspecified atom stereocenters. The molecule has 0 radical (unpaired) electrons. The lowest BCUT2D eigenvalue weighted by Crippen LogP contribution is -2.37. The van der Waals surface area contributed by atoms with Gasteiger partial charge in [-0.3, -0.25) is 14.0 Å². The average molecular weight is 562 g/mol. The molecule has 202 valence electrons. The number of fused-ring (bicyclic) bond motifs is 2. The lowest BCUT2D eigenvalue weighted by atomic mass is 10.0. The molecule has 0 N–H and O–H groups in total. The fraction of sp³-hybridized carbons (Fsp3) is 0.333. The number of thiazole rings is 1. The summed E-state index contributed by atoms with van der Waals surface area (Å²) in [6.07, 6.45) is 3.44. The van der Waals surface area contributed by atoms with Crippen LogP contribution in [0, 0.1) is 13.8 Å². The molecule has 1 saturated heterocycles. The maximum Gasteiger partial charge on any atom is 0.264 e. The summed E-state index contributed by atoms with van der Waals surface area (Å²) in [6, 6.07) is 18.0. The summed E-state index contributed by atoms with van der Waals surface area (Å²) in [5.74, 6) is -0.216. The van der Waals surface area contributed by atoms with Crippen molar-refractivity contribution in [2.75, 3.05) is 28.9 Å². The number of ether oxygens (including phenoxy) is 1. The number of sulfonamides is 1. The van der Waals surface area contributed by atoms with Gasteiger partial charge in [-0.2, -0.15) is 0 Å². The summed E-state index contributed by atoms with van der Waals surface area (Å²) in [7, 11) is -3.76. The number of anilines is 2. The van der Waals surface area contributed by atoms with Crippen LogP contribution in [0.3, 0.4) is 0 Å². The van der Waals surface area contributed by atoms with Crippen LogP contribution >= 0.6 is 11.3 Å². The monoisotopic (exact) mass is 561 g/mol. The van der Waals surface area contributed by atoms with Gasteiger partial charge in [-0.15, -0.1) is 0 Å². The number of carbonyl (C=O) groups excluding carboxylic acids is 1. The van der Waals surface area contributed by atoms with Crippen molar-refractivity contribution >= 4 is 48.3 Å². The van der Waals surface area contributed by atoms with Crippen LogP contribution in [0.1, 0.15) is 46.3 Å². The van der Waals surface area contributed by atoms with E-state index in [1.165, 1.54) is 27.8 Å². The molecule has 0 aliphatic carbocycles. The number of para-hydroxylation sites is 1. The molecule has 1 fully saturated rings. The molecule has 2 aliphatic heterocycles. The minimum Gasteiger partial charge on any atom is -0.376 e. The fourth-order valence-electron chi connectivity index (χ4n) is 5.37. The zero-order valence-electron chi connectivity index (χ0n) is 22.1. The average Bonchev–Trinajstić information content (AvgIpc) is 3.63. The Labute approximate surface area is 233 Å². The van der Waals surface area contributed by atoms with Gasteiger partial charge in [0, 0.05) is 18.7 Å². The highest BCUT2D eigenvalue weighted by atomic mass is 32.2. The largest absolute Gasteiger partial charge is 0.376 e. The van der Waals surface area contributed by atoms with Crippen LogP contribution in [-0.2, 0) is 21.2 Å². The van der Waals surface area contributed by atoms with E-state index in [0.29, 0.717) is 30.4 Å². The van der Waals surface area contributed by atoms with E-state index in [1.54, 1.807) is 17.0 Å². The second kappa shape index (κ2) is 10.4. The SMILES string of the molecule is Cc1ccc2sc(N(CC3CCCO3)C(=O)c3ccc(S(=O)(=O)N4CCCc5ccccc54)cc3)nc2c1C. The van der Waals surface area contributed by atoms with Crippen LogP contribution in [0.5, 0.6) is 0 Å². The molecule has 1 aromatic heterocycles. The molecule has 9 heteroatoms. The number of nitrogens with zero attached hydrogens (tertiary/aromatic N) is 3. The predicted molar refractivity (Wildman–Crippen MR) is 155 cm³/mol. The van der Waals surface area contributed by atoms with Crippen molar-refractivity contribution in [3.05, 3.63) is 82.9 Å². The molecule has 6 rings (SSSR count). The standard InChI is InChI=1S/C30H31N3O4S2/c1-20-11-16-27-28(21(20)2)31-30(38-27)32(19-24-9-6-18-37-24)29(34)23-12-14-25(15-13-23)39(35,36)33-17-5-8-22-7-3-4-10-26(22)33/h3-4,7,10-16,24H,5-6,8-9,17-19H2,1-2H3. The van der Waals surface area contributed by atoms with Gasteiger partial charge in [0.05, 0.1) is 33.4 Å². The summed E-state index contributed by atoms with van der Waals surface area (Å²) in [5.41, 5.74) is 5.34. The summed E-state index contributed by atoms with van der Waals surface area (Å²) in [5, 5.41) is 0.626. The van der Waals surface area contributed by atoms with Crippen LogP contribution in [0.15, 0.2) is 65.6 Å². The van der Waals surface area contributed by atoms with Gasteiger partial charge in [0.1, 0.15) is 0 Å². The number of hydrogen-bond donors (Lipinski definition) is 0. The second-order valence-electron chi connectivity index (χ2n) is 10.2. The molecule has 0 saturated carbocycles. The van der Waals surface area contributed by atoms with Gasteiger partial charge in [0.15, 0.2) is 5.13 Å². The molecule has 4 aromatic rings. The fourth-order valence-corrected chi connectivity index (χ4v) is 7.94. The minimum atomic E-state index is -3.76. The number of rotatable bonds is 6. The van der Waals surface area contributed by atoms with Crippen molar-refractivity contribution in [1.82, 2.24) is 4.98 Å². The molecule has 7 nitrogen and oxygen atoms in total. The third kappa shape index (κ3) is 4.83. The molecule has 3 heterocycles. The second-order valence-corrected chi connectivity index (χ2v) is 13.1. The van der Waals surface area contributed by atoms with Crippen molar-refractivity contribution in [3.8, 4) is 0 Å². The number of benzene rings is 3. The maximum atomic E-state index is 13.9. The normalized spacial score (nSPS) is 17.4. The van der Waals surface area contributed by atoms with Crippen molar-refractivity contribution in [1.29, 1.82) is 0 Å². The van der Waals surface area contributed by atoms with E-state index in [4.69, 9.17) is 9.72 Å². The highest BCUT2D eigenvalue weighted by molar-refractivity contribution is 7.92. The molecule has 0 spiro atoms. The number of hydrogen-bond acceptors (Lipinski definition) is 6. The van der Waals surface area contributed by atoms with Crippen molar-refractivity contribution in [2.45, 2.75) is 50.5 Å². The maximum absolute atomic E-state index is 13.9. The van der Waals surface area contributed by atoms with Gasteiger partial charge in [-0.1, -0.05) is 35.6 Å². The van der Waals surface area contributed by atoms with E-state index in [0.717, 1.165) is 58.3 Å². The highest BCUT2D eigenvalue weighted by Gasteiger charge is 2.31. The van der Waals surface area contributed by atoms with Crippen LogP contribution in [-0.4, -0.2) is 45.1 Å². The Hall–Kier alpha value is -3.27. The van der Waals surface area contributed by atoms with Gasteiger partial charge in [-0.05, 0) is 92.6 Å². The third-order valence-corrected chi connectivity index (χ3v) is 10.6. The summed E-state index contributed by atoms with van der Waals surface area (Å²) < 4.78 is 35.5. The Balaban J connectivity index is 1.31. The quantitative estimate of drug-likeness (QED) is 0.294. The Morgan fingerprint density at radius 3 is 2.64 bits per heavy atom. The van der Waals surface area contributed by atoms with E-state index >= 15 is 0 Å². The Morgan fingerprint density at radius 1 is 1.08 bits per heavy atom. The summed E-state index contributed by atoms with van der Waals surface area (Å²) >= 11 is 1.49. The van der Waals surface area contributed by atoms with E-state index in [9.17, 15) is 13.2 Å². The smallest absolute Gasteiger partial charge is 0.264 e. The molecule has 1 atom stereocenters. The Morgan fingerprint density at radius 2 is 1.87 bits per heavy atom. The minimum absolute atomic E-state index is 0.0531. The number of amides is 1. The lowest BCUT2D eigenvalue weighted by molar-refractivity contribution is 0.0917. The molecule has 3 aromatic carbocycles. The molecular weight excluding hydrogens is 530 g/mol. The summed E-state index contributed by atoms with van der Waals surface area (Å²) in [4.78, 5) is 20.6. The first-order chi connectivity index (χ1) is 18.8. The molecule has 1 amide bonds. The van der Waals surface area contributed by atoms with E-state index in [-0.39, 0.29) is 16.9 Å². The Bertz CT molecular complexity index is 1640. The van der Waals surface area contributed by atoms with Gasteiger partial charge in [-0.25, -0.2) is 13.4 Å². The van der Waals surface area contributed by atoms with Crippen molar-refractivity contribution in [2.24, 2.45) is 0 Å². The first kappa shape index (κ1) is 26.0. The van der Waals surface area contributed by atoms with Crippen molar-refractivity contribution in [3.63, 3.8) is 0 Å². The molecule has 2 aliphatic rings. The summed E-state index contributed by atoms with van der Waals surface area (Å²) in [6.45, 7) is 5.64. The third-order valence-electron chi connectivity index (χ3n) is 7.72. The van der Waals surface area contributed by atoms with Crippen LogP contribution in [0.2, 0.25) is 0 Å². The number of carbonyl (C=O) groups is 1. The van der Waals surface area contributed by atoms with Gasteiger partial charge >= 0.3 is 0 Å². The lowest BCUT2D eigenvalue weighted by Gasteiger charge is -2.30. The van der Waals surface area contributed by atoms with Gasteiger partial charge < -0.3 is 4.74 Å². The topological polar surface area (TPSA) is 79.8 Å². The zero-order chi connectivity index (χ0) is 27.1. The van der Waals surface area contributed by atoms with Crippen molar-refractivity contribution < 1.29 is 17.9 Å². The van der Waals surface area contributed by atoms with Gasteiger partial charge in [0.2, 0.25) is 0 Å². The number of aromatic nitrogens is 1. The van der Waals surface area contributed by atoms with E-state index < -0.39 is 10.0 Å². The first-order valence-corrected chi connectivity index (χ1v) is 15.6. The zero-order valence-corrected chi connectivity index (χ0v) is 23.7. The van der Waals surface area contributed by atoms with Gasteiger partial charge in [0.25, 0.3) is 15.9 Å². The predicted octanol–water partition coefficient (Wildman–Crippen LogP) is 5.88. The number of aryl methyl sites for hydroxylation is 3. The molecule has 39 heavy (non-hydrogen) atoms. The van der Waals surface area contributed by atoms with E-state index in [1.807, 2.05) is 37.3 Å². The molecule has 0 bridgehead atoms. The van der Waals surface area contributed by atoms with Crippen LogP contribution in [0.4, 0.5) is 10.8 Å².